The molecule has 160 valence electrons. The molecule has 7 heteroatoms. The third kappa shape index (κ3) is 4.56. The maximum Gasteiger partial charge on any atom is 0.262 e. The number of para-hydroxylation sites is 1. The zero-order valence-corrected chi connectivity index (χ0v) is 18.4. The highest BCUT2D eigenvalue weighted by Crippen LogP contribution is 2.33. The SMILES string of the molecule is CC(=O)c1cccc(NC(=O)C(C)Sc2nc3ccccc3c(=O)n2C2CCCC2)c1. The number of aromatic nitrogens is 2. The maximum atomic E-state index is 13.3. The second kappa shape index (κ2) is 9.06. The Kier molecular flexibility index (Phi) is 6.23. The summed E-state index contributed by atoms with van der Waals surface area (Å²) in [5.74, 6) is -0.259. The molecule has 1 unspecified atom stereocenters. The van der Waals surface area contributed by atoms with Crippen LogP contribution in [0.25, 0.3) is 10.9 Å². The molecule has 0 saturated heterocycles. The van der Waals surface area contributed by atoms with Gasteiger partial charge in [-0.25, -0.2) is 4.98 Å². The number of anilines is 1. The summed E-state index contributed by atoms with van der Waals surface area (Å²) in [7, 11) is 0. The van der Waals surface area contributed by atoms with E-state index in [0.717, 1.165) is 25.7 Å². The van der Waals surface area contributed by atoms with E-state index in [-0.39, 0.29) is 23.3 Å². The molecule has 1 amide bonds. The number of benzene rings is 2. The molecule has 1 N–H and O–H groups in total. The minimum Gasteiger partial charge on any atom is -0.325 e. The van der Waals surface area contributed by atoms with Crippen LogP contribution >= 0.6 is 11.8 Å². The first-order chi connectivity index (χ1) is 14.9. The van der Waals surface area contributed by atoms with Gasteiger partial charge in [-0.2, -0.15) is 0 Å². The van der Waals surface area contributed by atoms with Gasteiger partial charge in [0, 0.05) is 17.3 Å². The molecule has 2 aromatic carbocycles. The smallest absolute Gasteiger partial charge is 0.262 e. The van der Waals surface area contributed by atoms with Gasteiger partial charge in [-0.05, 0) is 51.0 Å². The molecular weight excluding hydrogens is 410 g/mol. The summed E-state index contributed by atoms with van der Waals surface area (Å²) < 4.78 is 1.79. The Balaban J connectivity index is 1.62. The molecule has 31 heavy (non-hydrogen) atoms. The number of rotatable bonds is 6. The lowest BCUT2D eigenvalue weighted by Crippen LogP contribution is -2.29. The van der Waals surface area contributed by atoms with Gasteiger partial charge in [-0.1, -0.05) is 48.9 Å². The maximum absolute atomic E-state index is 13.3. The number of thioether (sulfide) groups is 1. The lowest BCUT2D eigenvalue weighted by atomic mass is 10.1. The number of carbonyl (C=O) groups excluding carboxylic acids is 2. The largest absolute Gasteiger partial charge is 0.325 e. The molecular formula is C24H25N3O3S. The van der Waals surface area contributed by atoms with Crippen LogP contribution in [0.3, 0.4) is 0 Å². The molecule has 0 aliphatic heterocycles. The number of hydrogen-bond donors (Lipinski definition) is 1. The fraction of sp³-hybridized carbons (Fsp3) is 0.333. The van der Waals surface area contributed by atoms with Gasteiger partial charge in [0.25, 0.3) is 5.56 Å². The number of nitrogens with one attached hydrogen (secondary N) is 1. The monoisotopic (exact) mass is 435 g/mol. The predicted molar refractivity (Wildman–Crippen MR) is 124 cm³/mol. The summed E-state index contributed by atoms with van der Waals surface area (Å²) in [6.45, 7) is 3.29. The predicted octanol–water partition coefficient (Wildman–Crippen LogP) is 4.83. The molecule has 1 fully saturated rings. The van der Waals surface area contributed by atoms with Gasteiger partial charge in [0.05, 0.1) is 16.2 Å². The zero-order valence-electron chi connectivity index (χ0n) is 17.6. The van der Waals surface area contributed by atoms with Crippen molar-refractivity contribution in [3.8, 4) is 0 Å². The molecule has 1 aliphatic rings. The number of Topliss-reactive ketones (excluding diaryl/α,β-unsaturated/α-hetero) is 1. The van der Waals surface area contributed by atoms with Gasteiger partial charge < -0.3 is 5.32 Å². The van der Waals surface area contributed by atoms with E-state index in [0.29, 0.717) is 27.3 Å². The van der Waals surface area contributed by atoms with Crippen LogP contribution in [-0.2, 0) is 4.79 Å². The van der Waals surface area contributed by atoms with Gasteiger partial charge in [0.2, 0.25) is 5.91 Å². The van der Waals surface area contributed by atoms with Crippen molar-refractivity contribution in [2.75, 3.05) is 5.32 Å². The van der Waals surface area contributed by atoms with Crippen molar-refractivity contribution in [1.82, 2.24) is 9.55 Å². The van der Waals surface area contributed by atoms with Crippen LogP contribution in [0.5, 0.6) is 0 Å². The zero-order chi connectivity index (χ0) is 22.0. The highest BCUT2D eigenvalue weighted by atomic mass is 32.2. The molecule has 1 aliphatic carbocycles. The van der Waals surface area contributed by atoms with Gasteiger partial charge >= 0.3 is 0 Å². The van der Waals surface area contributed by atoms with Gasteiger partial charge in [-0.3, -0.25) is 19.0 Å². The number of carbonyl (C=O) groups is 2. The van der Waals surface area contributed by atoms with Crippen LogP contribution in [0.4, 0.5) is 5.69 Å². The van der Waals surface area contributed by atoms with Crippen LogP contribution < -0.4 is 10.9 Å². The first-order valence-electron chi connectivity index (χ1n) is 10.5. The fourth-order valence-corrected chi connectivity index (χ4v) is 4.94. The summed E-state index contributed by atoms with van der Waals surface area (Å²) in [5, 5.41) is 3.59. The Labute approximate surface area is 185 Å². The van der Waals surface area contributed by atoms with Crippen molar-refractivity contribution in [2.45, 2.75) is 56.0 Å². The normalized spacial score (nSPS) is 15.2. The second-order valence-electron chi connectivity index (χ2n) is 7.91. The Bertz CT molecular complexity index is 1200. The molecule has 1 saturated carbocycles. The number of hydrogen-bond acceptors (Lipinski definition) is 5. The lowest BCUT2D eigenvalue weighted by Gasteiger charge is -2.20. The Morgan fingerprint density at radius 1 is 1.13 bits per heavy atom. The van der Waals surface area contributed by atoms with Crippen LogP contribution in [0.2, 0.25) is 0 Å². The van der Waals surface area contributed by atoms with Gasteiger partial charge in [-0.15, -0.1) is 0 Å². The number of amides is 1. The molecule has 1 atom stereocenters. The third-order valence-corrected chi connectivity index (χ3v) is 6.72. The van der Waals surface area contributed by atoms with E-state index in [4.69, 9.17) is 4.98 Å². The highest BCUT2D eigenvalue weighted by molar-refractivity contribution is 8.00. The second-order valence-corrected chi connectivity index (χ2v) is 9.22. The molecule has 0 radical (unpaired) electrons. The van der Waals surface area contributed by atoms with Crippen molar-refractivity contribution < 1.29 is 9.59 Å². The summed E-state index contributed by atoms with van der Waals surface area (Å²) in [6.07, 6.45) is 4.09. The quantitative estimate of drug-likeness (QED) is 0.341. The van der Waals surface area contributed by atoms with Crippen molar-refractivity contribution in [3.05, 3.63) is 64.4 Å². The van der Waals surface area contributed by atoms with E-state index >= 15 is 0 Å². The molecule has 1 aromatic heterocycles. The summed E-state index contributed by atoms with van der Waals surface area (Å²) in [6, 6.07) is 14.4. The summed E-state index contributed by atoms with van der Waals surface area (Å²) in [4.78, 5) is 42.5. The first kappa shape index (κ1) is 21.3. The van der Waals surface area contributed by atoms with Crippen molar-refractivity contribution in [1.29, 1.82) is 0 Å². The van der Waals surface area contributed by atoms with E-state index < -0.39 is 5.25 Å². The molecule has 3 aromatic rings. The van der Waals surface area contributed by atoms with Crippen molar-refractivity contribution >= 4 is 40.0 Å². The number of fused-ring (bicyclic) bond motifs is 1. The standard InChI is InChI=1S/C24H25N3O3S/c1-15(28)17-8-7-9-18(14-17)25-22(29)16(2)31-24-26-21-13-6-5-12-20(21)23(30)27(24)19-10-3-4-11-19/h5-9,12-14,16,19H,3-4,10-11H2,1-2H3,(H,25,29). The lowest BCUT2D eigenvalue weighted by molar-refractivity contribution is -0.115. The highest BCUT2D eigenvalue weighted by Gasteiger charge is 2.25. The first-order valence-corrected chi connectivity index (χ1v) is 11.4. The van der Waals surface area contributed by atoms with Gasteiger partial charge in [0.1, 0.15) is 0 Å². The van der Waals surface area contributed by atoms with Crippen molar-refractivity contribution in [3.63, 3.8) is 0 Å². The minimum absolute atomic E-state index is 0.0400. The third-order valence-electron chi connectivity index (χ3n) is 5.65. The molecule has 0 spiro atoms. The van der Waals surface area contributed by atoms with Crippen LogP contribution in [0.15, 0.2) is 58.5 Å². The van der Waals surface area contributed by atoms with Gasteiger partial charge in [0.15, 0.2) is 10.9 Å². The van der Waals surface area contributed by atoms with Crippen molar-refractivity contribution in [2.24, 2.45) is 0 Å². The summed E-state index contributed by atoms with van der Waals surface area (Å²) >= 11 is 1.30. The average Bonchev–Trinajstić information content (AvgIpc) is 3.28. The van der Waals surface area contributed by atoms with E-state index in [1.165, 1.54) is 18.7 Å². The Morgan fingerprint density at radius 3 is 2.61 bits per heavy atom. The number of ketones is 1. The Morgan fingerprint density at radius 2 is 1.87 bits per heavy atom. The van der Waals surface area contributed by atoms with E-state index in [9.17, 15) is 14.4 Å². The van der Waals surface area contributed by atoms with E-state index in [1.54, 1.807) is 35.8 Å². The average molecular weight is 436 g/mol. The topological polar surface area (TPSA) is 81.1 Å². The molecule has 4 rings (SSSR count). The van der Waals surface area contributed by atoms with E-state index in [1.807, 2.05) is 24.3 Å². The summed E-state index contributed by atoms with van der Waals surface area (Å²) in [5.41, 5.74) is 1.72. The van der Waals surface area contributed by atoms with Crippen LogP contribution in [-0.4, -0.2) is 26.5 Å². The fourth-order valence-electron chi connectivity index (χ4n) is 3.96. The molecule has 6 nitrogen and oxygen atoms in total. The van der Waals surface area contributed by atoms with Crippen LogP contribution in [0.1, 0.15) is 55.9 Å². The number of nitrogens with zero attached hydrogens (tertiary/aromatic N) is 2. The minimum atomic E-state index is -0.471. The molecule has 0 bridgehead atoms. The molecule has 1 heterocycles. The Hall–Kier alpha value is -2.93. The van der Waals surface area contributed by atoms with Crippen LogP contribution in [0, 0.1) is 0 Å². The van der Waals surface area contributed by atoms with E-state index in [2.05, 4.69) is 5.32 Å².